The van der Waals surface area contributed by atoms with E-state index < -0.39 is 35.5 Å². The number of amides is 2. The quantitative estimate of drug-likeness (QED) is 0.629. The van der Waals surface area contributed by atoms with Crippen molar-refractivity contribution in [2.24, 2.45) is 5.41 Å². The second-order valence-electron chi connectivity index (χ2n) is 8.62. The van der Waals surface area contributed by atoms with Crippen molar-refractivity contribution in [1.29, 1.82) is 0 Å². The Balaban J connectivity index is 1.77. The van der Waals surface area contributed by atoms with Gasteiger partial charge in [-0.05, 0) is 49.3 Å². The smallest absolute Gasteiger partial charge is 0.252 e. The summed E-state index contributed by atoms with van der Waals surface area (Å²) in [5, 5.41) is 14.8. The van der Waals surface area contributed by atoms with Gasteiger partial charge in [0.25, 0.3) is 5.91 Å². The van der Waals surface area contributed by atoms with E-state index in [-0.39, 0.29) is 29.5 Å². The Morgan fingerprint density at radius 2 is 2.03 bits per heavy atom. The fourth-order valence-electron chi connectivity index (χ4n) is 4.39. The van der Waals surface area contributed by atoms with Crippen LogP contribution in [0.1, 0.15) is 62.7 Å². The number of ketones is 1. The first kappa shape index (κ1) is 22.2. The number of halogens is 1. The highest BCUT2D eigenvalue weighted by Gasteiger charge is 2.39. The zero-order valence-electron chi connectivity index (χ0n) is 17.4. The maximum atomic E-state index is 13.7. The zero-order chi connectivity index (χ0) is 21.9. The SMILES string of the molecule is CC[C@@H]1OCC(=O)[C@H]1NC(=O)[C@H](CC1(C)CCCC1)NC(=O)c1ccc(O)c(F)c1. The molecule has 1 heterocycles. The molecule has 0 bridgehead atoms. The van der Waals surface area contributed by atoms with Crippen molar-refractivity contribution in [1.82, 2.24) is 10.6 Å². The van der Waals surface area contributed by atoms with Gasteiger partial charge in [-0.2, -0.15) is 0 Å². The monoisotopic (exact) mass is 420 g/mol. The van der Waals surface area contributed by atoms with Crippen molar-refractivity contribution in [2.45, 2.75) is 70.6 Å². The Labute approximate surface area is 175 Å². The molecule has 1 saturated heterocycles. The van der Waals surface area contributed by atoms with Gasteiger partial charge in [-0.3, -0.25) is 14.4 Å². The average molecular weight is 420 g/mol. The van der Waals surface area contributed by atoms with Crippen LogP contribution < -0.4 is 10.6 Å². The van der Waals surface area contributed by atoms with Gasteiger partial charge in [0.1, 0.15) is 18.7 Å². The van der Waals surface area contributed by atoms with Crippen molar-refractivity contribution >= 4 is 17.6 Å². The highest BCUT2D eigenvalue weighted by molar-refractivity contribution is 5.99. The molecule has 1 saturated carbocycles. The number of carbonyl (C=O) groups excluding carboxylic acids is 3. The zero-order valence-corrected chi connectivity index (χ0v) is 17.4. The summed E-state index contributed by atoms with van der Waals surface area (Å²) < 4.78 is 19.1. The molecule has 30 heavy (non-hydrogen) atoms. The van der Waals surface area contributed by atoms with Crippen molar-refractivity contribution in [2.75, 3.05) is 6.61 Å². The molecule has 1 aliphatic heterocycles. The minimum absolute atomic E-state index is 0.00591. The Bertz CT molecular complexity index is 822. The van der Waals surface area contributed by atoms with E-state index in [0.717, 1.165) is 37.8 Å². The van der Waals surface area contributed by atoms with E-state index in [9.17, 15) is 23.9 Å². The van der Waals surface area contributed by atoms with Gasteiger partial charge in [0.15, 0.2) is 17.3 Å². The second-order valence-corrected chi connectivity index (χ2v) is 8.62. The van der Waals surface area contributed by atoms with Crippen LogP contribution in [0.25, 0.3) is 0 Å². The molecule has 2 amide bonds. The maximum Gasteiger partial charge on any atom is 0.252 e. The van der Waals surface area contributed by atoms with Crippen LogP contribution in [0.3, 0.4) is 0 Å². The van der Waals surface area contributed by atoms with Gasteiger partial charge >= 0.3 is 0 Å². The van der Waals surface area contributed by atoms with Crippen molar-refractivity contribution < 1.29 is 28.6 Å². The molecule has 2 fully saturated rings. The van der Waals surface area contributed by atoms with Crippen LogP contribution in [0.4, 0.5) is 4.39 Å². The summed E-state index contributed by atoms with van der Waals surface area (Å²) in [6.45, 7) is 3.93. The second kappa shape index (κ2) is 9.12. The number of carbonyl (C=O) groups is 3. The van der Waals surface area contributed by atoms with Crippen LogP contribution in [0.2, 0.25) is 0 Å². The molecule has 1 aromatic rings. The van der Waals surface area contributed by atoms with Crippen molar-refractivity contribution in [3.05, 3.63) is 29.6 Å². The molecular formula is C22H29FN2O5. The van der Waals surface area contributed by atoms with Crippen LogP contribution in [0, 0.1) is 11.2 Å². The molecule has 0 aromatic heterocycles. The van der Waals surface area contributed by atoms with Gasteiger partial charge in [-0.15, -0.1) is 0 Å². The minimum Gasteiger partial charge on any atom is -0.505 e. The number of phenolic OH excluding ortho intramolecular Hbond substituents is 1. The van der Waals surface area contributed by atoms with Gasteiger partial charge in [0, 0.05) is 5.56 Å². The van der Waals surface area contributed by atoms with Gasteiger partial charge in [-0.1, -0.05) is 26.7 Å². The first-order chi connectivity index (χ1) is 14.2. The number of hydrogen-bond donors (Lipinski definition) is 3. The fourth-order valence-corrected chi connectivity index (χ4v) is 4.39. The van der Waals surface area contributed by atoms with E-state index in [1.54, 1.807) is 0 Å². The molecule has 164 valence electrons. The average Bonchev–Trinajstić information content (AvgIpc) is 3.29. The van der Waals surface area contributed by atoms with E-state index in [4.69, 9.17) is 4.74 Å². The van der Waals surface area contributed by atoms with E-state index in [0.29, 0.717) is 12.8 Å². The third kappa shape index (κ3) is 4.98. The van der Waals surface area contributed by atoms with Gasteiger partial charge < -0.3 is 20.5 Å². The lowest BCUT2D eigenvalue weighted by atomic mass is 9.81. The molecule has 0 unspecified atom stereocenters. The fraction of sp³-hybridized carbons (Fsp3) is 0.591. The summed E-state index contributed by atoms with van der Waals surface area (Å²) in [6.07, 6.45) is 4.64. The molecule has 0 radical (unpaired) electrons. The number of hydrogen-bond acceptors (Lipinski definition) is 5. The predicted molar refractivity (Wildman–Crippen MR) is 107 cm³/mol. The van der Waals surface area contributed by atoms with Gasteiger partial charge in [0.2, 0.25) is 5.91 Å². The summed E-state index contributed by atoms with van der Waals surface area (Å²) in [4.78, 5) is 37.9. The standard InChI is InChI=1S/C22H29FN2O5/c1-3-18-19(17(27)12-30-18)25-21(29)15(11-22(2)8-4-5-9-22)24-20(28)13-6-7-16(26)14(23)10-13/h6-7,10,15,18-19,26H,3-5,8-9,11-12H2,1-2H3,(H,24,28)(H,25,29)/t15-,18-,19+/m0/s1. The lowest BCUT2D eigenvalue weighted by Crippen LogP contribution is -2.54. The number of aromatic hydroxyl groups is 1. The number of benzene rings is 1. The molecule has 2 aliphatic rings. The van der Waals surface area contributed by atoms with E-state index in [1.807, 2.05) is 6.92 Å². The largest absolute Gasteiger partial charge is 0.505 e. The van der Waals surface area contributed by atoms with Crippen LogP contribution in [-0.4, -0.2) is 47.5 Å². The summed E-state index contributed by atoms with van der Waals surface area (Å²) in [7, 11) is 0. The summed E-state index contributed by atoms with van der Waals surface area (Å²) >= 11 is 0. The summed E-state index contributed by atoms with van der Waals surface area (Å²) in [5.74, 6) is -2.71. The Hall–Kier alpha value is -2.48. The Kier molecular flexibility index (Phi) is 6.75. The molecule has 1 aliphatic carbocycles. The Morgan fingerprint density at radius 1 is 1.33 bits per heavy atom. The minimum atomic E-state index is -0.911. The van der Waals surface area contributed by atoms with Gasteiger partial charge in [0.05, 0.1) is 6.10 Å². The highest BCUT2D eigenvalue weighted by Crippen LogP contribution is 2.41. The van der Waals surface area contributed by atoms with Crippen molar-refractivity contribution in [3.63, 3.8) is 0 Å². The Morgan fingerprint density at radius 3 is 2.67 bits per heavy atom. The lowest BCUT2D eigenvalue weighted by Gasteiger charge is -2.30. The first-order valence-corrected chi connectivity index (χ1v) is 10.5. The molecular weight excluding hydrogens is 391 g/mol. The van der Waals surface area contributed by atoms with E-state index in [1.165, 1.54) is 6.07 Å². The molecule has 0 spiro atoms. The van der Waals surface area contributed by atoms with Crippen molar-refractivity contribution in [3.8, 4) is 5.75 Å². The van der Waals surface area contributed by atoms with Crippen LogP contribution >= 0.6 is 0 Å². The molecule has 8 heteroatoms. The molecule has 1 aromatic carbocycles. The summed E-state index contributed by atoms with van der Waals surface area (Å²) in [6, 6.07) is 1.71. The number of phenols is 1. The van der Waals surface area contributed by atoms with E-state index in [2.05, 4.69) is 17.6 Å². The predicted octanol–water partition coefficient (Wildman–Crippen LogP) is 2.46. The number of ether oxygens (including phenoxy) is 1. The number of rotatable bonds is 7. The van der Waals surface area contributed by atoms with E-state index >= 15 is 0 Å². The lowest BCUT2D eigenvalue weighted by molar-refractivity contribution is -0.128. The van der Waals surface area contributed by atoms with Crippen LogP contribution in [-0.2, 0) is 14.3 Å². The number of Topliss-reactive ketones (excluding diaryl/α,β-unsaturated/α-hetero) is 1. The summed E-state index contributed by atoms with van der Waals surface area (Å²) in [5.41, 5.74) is -0.0954. The number of nitrogens with one attached hydrogen (secondary N) is 2. The third-order valence-electron chi connectivity index (χ3n) is 6.20. The first-order valence-electron chi connectivity index (χ1n) is 10.5. The van der Waals surface area contributed by atoms with Gasteiger partial charge in [-0.25, -0.2) is 4.39 Å². The molecule has 3 atom stereocenters. The molecule has 7 nitrogen and oxygen atoms in total. The normalized spacial score (nSPS) is 23.9. The molecule has 3 N–H and O–H groups in total. The third-order valence-corrected chi connectivity index (χ3v) is 6.20. The highest BCUT2D eigenvalue weighted by atomic mass is 19.1. The van der Waals surface area contributed by atoms with Crippen LogP contribution in [0.15, 0.2) is 18.2 Å². The van der Waals surface area contributed by atoms with Crippen LogP contribution in [0.5, 0.6) is 5.75 Å². The maximum absolute atomic E-state index is 13.7. The molecule has 3 rings (SSSR count). The topological polar surface area (TPSA) is 105 Å².